The summed E-state index contributed by atoms with van der Waals surface area (Å²) in [5, 5.41) is 15.5. The first-order chi connectivity index (χ1) is 15.6. The molecular formula is C22H26N4O6S. The van der Waals surface area contributed by atoms with Gasteiger partial charge in [-0.2, -0.15) is 5.10 Å². The van der Waals surface area contributed by atoms with Crippen LogP contribution in [0, 0.1) is 0 Å². The molecule has 1 amide bonds. The van der Waals surface area contributed by atoms with E-state index in [1.54, 1.807) is 50.8 Å². The van der Waals surface area contributed by atoms with E-state index in [1.165, 1.54) is 30.5 Å². The van der Waals surface area contributed by atoms with Gasteiger partial charge in [-0.3, -0.25) is 9.48 Å². The van der Waals surface area contributed by atoms with Crippen molar-refractivity contribution in [2.75, 3.05) is 11.9 Å². The highest BCUT2D eigenvalue weighted by atomic mass is 32.2. The summed E-state index contributed by atoms with van der Waals surface area (Å²) in [5.74, 6) is 0.807. The number of hydrogen-bond acceptors (Lipinski definition) is 8. The van der Waals surface area contributed by atoms with Crippen molar-refractivity contribution in [1.82, 2.24) is 14.8 Å². The van der Waals surface area contributed by atoms with Crippen molar-refractivity contribution < 1.29 is 27.8 Å². The number of anilines is 1. The number of amides is 1. The van der Waals surface area contributed by atoms with Gasteiger partial charge in [-0.15, -0.1) is 0 Å². The Hall–Kier alpha value is -3.44. The van der Waals surface area contributed by atoms with E-state index in [9.17, 15) is 18.3 Å². The van der Waals surface area contributed by atoms with Crippen LogP contribution in [0.3, 0.4) is 0 Å². The standard InChI is InChI=1S/C22H26N4O6S/c1-14(2)33(29,30)21-6-5-17(12-23-21)32-19-10-16(9-18(11-19)31-15(3)13-27)22(28)24-20-7-8-26(4)25-20/h5-12,14-15,27H,13H2,1-4H3,(H,24,25,28)/t15-/m0/s1. The predicted molar refractivity (Wildman–Crippen MR) is 121 cm³/mol. The van der Waals surface area contributed by atoms with Crippen LogP contribution < -0.4 is 14.8 Å². The maximum absolute atomic E-state index is 12.8. The number of carbonyl (C=O) groups is 1. The third-order valence-corrected chi connectivity index (χ3v) is 6.61. The first-order valence-electron chi connectivity index (χ1n) is 10.2. The van der Waals surface area contributed by atoms with Crippen molar-refractivity contribution in [3.63, 3.8) is 0 Å². The number of pyridine rings is 1. The van der Waals surface area contributed by atoms with E-state index in [4.69, 9.17) is 9.47 Å². The first-order valence-corrected chi connectivity index (χ1v) is 11.7. The van der Waals surface area contributed by atoms with Gasteiger partial charge in [0, 0.05) is 30.9 Å². The Balaban J connectivity index is 1.87. The zero-order valence-corrected chi connectivity index (χ0v) is 19.5. The first kappa shape index (κ1) is 24.2. The number of nitrogens with one attached hydrogen (secondary N) is 1. The van der Waals surface area contributed by atoms with Gasteiger partial charge in [-0.25, -0.2) is 13.4 Å². The van der Waals surface area contributed by atoms with E-state index in [-0.39, 0.29) is 28.7 Å². The van der Waals surface area contributed by atoms with Crippen molar-refractivity contribution in [3.8, 4) is 17.2 Å². The highest BCUT2D eigenvalue weighted by Crippen LogP contribution is 2.29. The van der Waals surface area contributed by atoms with Crippen molar-refractivity contribution in [2.45, 2.75) is 37.2 Å². The Morgan fingerprint density at radius 2 is 1.85 bits per heavy atom. The summed E-state index contributed by atoms with van der Waals surface area (Å²) in [6.07, 6.45) is 2.49. The molecule has 33 heavy (non-hydrogen) atoms. The maximum Gasteiger partial charge on any atom is 0.257 e. The summed E-state index contributed by atoms with van der Waals surface area (Å²) in [5.41, 5.74) is 0.241. The number of aliphatic hydroxyl groups excluding tert-OH is 1. The highest BCUT2D eigenvalue weighted by Gasteiger charge is 2.21. The number of ether oxygens (including phenoxy) is 2. The second-order valence-electron chi connectivity index (χ2n) is 7.66. The van der Waals surface area contributed by atoms with Crippen LogP contribution >= 0.6 is 0 Å². The molecule has 3 rings (SSSR count). The molecule has 0 radical (unpaired) electrons. The normalized spacial score (nSPS) is 12.4. The lowest BCUT2D eigenvalue weighted by atomic mass is 10.2. The van der Waals surface area contributed by atoms with Crippen LogP contribution in [0.2, 0.25) is 0 Å². The molecule has 0 saturated heterocycles. The quantitative estimate of drug-likeness (QED) is 0.484. The fourth-order valence-corrected chi connectivity index (χ4v) is 3.68. The molecular weight excluding hydrogens is 448 g/mol. The molecule has 11 heteroatoms. The summed E-state index contributed by atoms with van der Waals surface area (Å²) in [6.45, 7) is 4.63. The molecule has 0 aliphatic carbocycles. The zero-order chi connectivity index (χ0) is 24.2. The van der Waals surface area contributed by atoms with Crippen LogP contribution in [0.4, 0.5) is 5.82 Å². The van der Waals surface area contributed by atoms with Crippen molar-refractivity contribution in [3.05, 3.63) is 54.4 Å². The fraction of sp³-hybridized carbons (Fsp3) is 0.318. The van der Waals surface area contributed by atoms with E-state index < -0.39 is 27.1 Å². The van der Waals surface area contributed by atoms with Crippen LogP contribution in [-0.4, -0.2) is 52.2 Å². The molecule has 2 aromatic heterocycles. The maximum atomic E-state index is 12.8. The van der Waals surface area contributed by atoms with Crippen LogP contribution in [-0.2, 0) is 16.9 Å². The lowest BCUT2D eigenvalue weighted by Crippen LogP contribution is -2.17. The monoisotopic (exact) mass is 474 g/mol. The van der Waals surface area contributed by atoms with Gasteiger partial charge in [-0.05, 0) is 45.0 Å². The Labute approximate surface area is 192 Å². The van der Waals surface area contributed by atoms with E-state index >= 15 is 0 Å². The summed E-state index contributed by atoms with van der Waals surface area (Å²) < 4.78 is 37.5. The highest BCUT2D eigenvalue weighted by molar-refractivity contribution is 7.91. The molecule has 0 unspecified atom stereocenters. The number of hydrogen-bond donors (Lipinski definition) is 2. The van der Waals surface area contributed by atoms with Crippen molar-refractivity contribution >= 4 is 21.6 Å². The molecule has 0 bridgehead atoms. The molecule has 0 aliphatic heterocycles. The fourth-order valence-electron chi connectivity index (χ4n) is 2.74. The van der Waals surface area contributed by atoms with Crippen LogP contribution in [0.15, 0.2) is 53.8 Å². The third kappa shape index (κ3) is 6.08. The Kier molecular flexibility index (Phi) is 7.34. The molecule has 0 saturated carbocycles. The van der Waals surface area contributed by atoms with Gasteiger partial charge in [0.05, 0.1) is 18.1 Å². The summed E-state index contributed by atoms with van der Waals surface area (Å²) >= 11 is 0. The minimum Gasteiger partial charge on any atom is -0.488 e. The number of aromatic nitrogens is 3. The van der Waals surface area contributed by atoms with Gasteiger partial charge in [0.1, 0.15) is 23.4 Å². The molecule has 0 spiro atoms. The van der Waals surface area contributed by atoms with Gasteiger partial charge < -0.3 is 19.9 Å². The molecule has 2 N–H and O–H groups in total. The number of nitrogens with zero attached hydrogens (tertiary/aromatic N) is 3. The smallest absolute Gasteiger partial charge is 0.257 e. The van der Waals surface area contributed by atoms with E-state index in [2.05, 4.69) is 15.4 Å². The third-order valence-electron chi connectivity index (χ3n) is 4.55. The minimum absolute atomic E-state index is 0.0471. The van der Waals surface area contributed by atoms with E-state index in [0.717, 1.165) is 0 Å². The van der Waals surface area contributed by atoms with Gasteiger partial charge >= 0.3 is 0 Å². The molecule has 3 aromatic rings. The number of aryl methyl sites for hydroxylation is 1. The molecule has 176 valence electrons. The lowest BCUT2D eigenvalue weighted by Gasteiger charge is -2.15. The second-order valence-corrected chi connectivity index (χ2v) is 10.1. The molecule has 2 heterocycles. The number of carbonyl (C=O) groups excluding carboxylic acids is 1. The lowest BCUT2D eigenvalue weighted by molar-refractivity contribution is 0.102. The summed E-state index contributed by atoms with van der Waals surface area (Å²) in [6, 6.07) is 9.10. The number of rotatable bonds is 9. The summed E-state index contributed by atoms with van der Waals surface area (Å²) in [4.78, 5) is 16.8. The second kappa shape index (κ2) is 10.0. The largest absolute Gasteiger partial charge is 0.488 e. The number of aliphatic hydroxyl groups is 1. The molecule has 0 fully saturated rings. The van der Waals surface area contributed by atoms with E-state index in [1.807, 2.05) is 0 Å². The van der Waals surface area contributed by atoms with E-state index in [0.29, 0.717) is 11.6 Å². The number of benzene rings is 1. The average molecular weight is 475 g/mol. The predicted octanol–water partition coefficient (Wildman–Crippen LogP) is 2.80. The van der Waals surface area contributed by atoms with Crippen LogP contribution in [0.25, 0.3) is 0 Å². The molecule has 1 atom stereocenters. The summed E-state index contributed by atoms with van der Waals surface area (Å²) in [7, 11) is -1.77. The van der Waals surface area contributed by atoms with Crippen molar-refractivity contribution in [1.29, 1.82) is 0 Å². The minimum atomic E-state index is -3.51. The van der Waals surface area contributed by atoms with Crippen LogP contribution in [0.1, 0.15) is 31.1 Å². The SMILES string of the molecule is CC(C)S(=O)(=O)c1ccc(Oc2cc(O[C@@H](C)CO)cc(C(=O)Nc3ccn(C)n3)c2)cn1. The zero-order valence-electron chi connectivity index (χ0n) is 18.7. The molecule has 10 nitrogen and oxygen atoms in total. The van der Waals surface area contributed by atoms with Crippen LogP contribution in [0.5, 0.6) is 17.2 Å². The Bertz CT molecular complexity index is 1220. The van der Waals surface area contributed by atoms with Gasteiger partial charge in [-0.1, -0.05) is 0 Å². The van der Waals surface area contributed by atoms with Gasteiger partial charge in [0.2, 0.25) is 0 Å². The average Bonchev–Trinajstić information content (AvgIpc) is 3.18. The number of sulfone groups is 1. The van der Waals surface area contributed by atoms with Gasteiger partial charge in [0.25, 0.3) is 5.91 Å². The Morgan fingerprint density at radius 1 is 1.12 bits per heavy atom. The topological polar surface area (TPSA) is 133 Å². The Morgan fingerprint density at radius 3 is 2.42 bits per heavy atom. The molecule has 1 aromatic carbocycles. The van der Waals surface area contributed by atoms with Gasteiger partial charge in [0.15, 0.2) is 20.7 Å². The van der Waals surface area contributed by atoms with Crippen molar-refractivity contribution in [2.24, 2.45) is 7.05 Å². The molecule has 0 aliphatic rings.